The van der Waals surface area contributed by atoms with Gasteiger partial charge in [-0.3, -0.25) is 4.79 Å². The molecular weight excluding hydrogens is 349 g/mol. The molecule has 0 unspecified atom stereocenters. The molecule has 134 valence electrons. The molecule has 3 nitrogen and oxygen atoms in total. The highest BCUT2D eigenvalue weighted by Gasteiger charge is 2.04. The summed E-state index contributed by atoms with van der Waals surface area (Å²) in [4.78, 5) is 13.0. The van der Waals surface area contributed by atoms with Crippen LogP contribution < -0.4 is 10.1 Å². The molecular formula is C21H20FNO2S. The molecule has 0 saturated heterocycles. The van der Waals surface area contributed by atoms with E-state index in [9.17, 15) is 9.18 Å². The molecule has 3 rings (SSSR count). The molecule has 0 aliphatic heterocycles. The van der Waals surface area contributed by atoms with Crippen molar-refractivity contribution in [3.05, 3.63) is 72.0 Å². The zero-order chi connectivity index (χ0) is 18.4. The monoisotopic (exact) mass is 369 g/mol. The minimum Gasteiger partial charge on any atom is -0.497 e. The molecule has 0 fully saturated rings. The molecule has 0 radical (unpaired) electrons. The average molecular weight is 369 g/mol. The molecule has 1 N–H and O–H groups in total. The Hall–Kier alpha value is -2.53. The summed E-state index contributed by atoms with van der Waals surface area (Å²) in [5, 5.41) is 5.17. The molecule has 0 aliphatic rings. The van der Waals surface area contributed by atoms with Crippen LogP contribution in [0, 0.1) is 5.82 Å². The number of amides is 1. The van der Waals surface area contributed by atoms with Crippen molar-refractivity contribution in [2.75, 3.05) is 12.9 Å². The Labute approximate surface area is 156 Å². The number of carbonyl (C=O) groups excluding carboxylic acids is 1. The second kappa shape index (κ2) is 8.72. The Morgan fingerprint density at radius 2 is 1.77 bits per heavy atom. The van der Waals surface area contributed by atoms with E-state index in [-0.39, 0.29) is 11.7 Å². The highest BCUT2D eigenvalue weighted by Crippen LogP contribution is 2.22. The van der Waals surface area contributed by atoms with Gasteiger partial charge in [-0.1, -0.05) is 18.2 Å². The third-order valence-corrected chi connectivity index (χ3v) is 5.03. The first-order chi connectivity index (χ1) is 12.6. The number of nitrogens with one attached hydrogen (secondary N) is 1. The minimum absolute atomic E-state index is 0.00874. The van der Waals surface area contributed by atoms with Crippen LogP contribution >= 0.6 is 11.8 Å². The maximum Gasteiger partial charge on any atom is 0.221 e. The van der Waals surface area contributed by atoms with Gasteiger partial charge in [0.2, 0.25) is 5.91 Å². The van der Waals surface area contributed by atoms with Crippen LogP contribution in [0.1, 0.15) is 12.0 Å². The Balaban J connectivity index is 1.47. The van der Waals surface area contributed by atoms with Crippen LogP contribution in [0.15, 0.2) is 65.6 Å². The minimum atomic E-state index is -0.249. The number of carbonyl (C=O) groups is 1. The molecule has 0 aliphatic carbocycles. The molecule has 0 atom stereocenters. The van der Waals surface area contributed by atoms with Crippen LogP contribution in [0.5, 0.6) is 5.75 Å². The lowest BCUT2D eigenvalue weighted by Gasteiger charge is -2.08. The quantitative estimate of drug-likeness (QED) is 0.609. The second-order valence-corrected chi connectivity index (χ2v) is 7.04. The number of fused-ring (bicyclic) bond motifs is 1. The van der Waals surface area contributed by atoms with Crippen molar-refractivity contribution < 1.29 is 13.9 Å². The largest absolute Gasteiger partial charge is 0.497 e. The van der Waals surface area contributed by atoms with E-state index in [0.29, 0.717) is 18.7 Å². The molecule has 26 heavy (non-hydrogen) atoms. The van der Waals surface area contributed by atoms with Crippen LogP contribution in [-0.2, 0) is 11.3 Å². The number of hydrogen-bond donors (Lipinski definition) is 1. The summed E-state index contributed by atoms with van der Waals surface area (Å²) in [6.07, 6.45) is 0.423. The number of benzene rings is 3. The van der Waals surface area contributed by atoms with Gasteiger partial charge in [0, 0.05) is 23.6 Å². The van der Waals surface area contributed by atoms with Gasteiger partial charge in [0.1, 0.15) is 11.6 Å². The van der Waals surface area contributed by atoms with E-state index in [1.165, 1.54) is 12.1 Å². The van der Waals surface area contributed by atoms with Crippen molar-refractivity contribution >= 4 is 28.4 Å². The van der Waals surface area contributed by atoms with Gasteiger partial charge in [0.25, 0.3) is 0 Å². The zero-order valence-corrected chi connectivity index (χ0v) is 15.3. The van der Waals surface area contributed by atoms with Gasteiger partial charge in [0.15, 0.2) is 0 Å². The fraction of sp³-hybridized carbons (Fsp3) is 0.190. The summed E-state index contributed by atoms with van der Waals surface area (Å²) in [6.45, 7) is 0.502. The smallest absolute Gasteiger partial charge is 0.221 e. The van der Waals surface area contributed by atoms with Crippen molar-refractivity contribution in [2.45, 2.75) is 17.9 Å². The SMILES string of the molecule is COc1ccc2cc(CNC(=O)CCSc3ccc(F)cc3)ccc2c1. The normalized spacial score (nSPS) is 10.7. The number of hydrogen-bond acceptors (Lipinski definition) is 3. The first-order valence-electron chi connectivity index (χ1n) is 8.36. The van der Waals surface area contributed by atoms with E-state index in [0.717, 1.165) is 27.0 Å². The number of halogens is 1. The Morgan fingerprint density at radius 3 is 2.54 bits per heavy atom. The van der Waals surface area contributed by atoms with E-state index in [4.69, 9.17) is 4.74 Å². The van der Waals surface area contributed by atoms with Crippen LogP contribution in [0.4, 0.5) is 4.39 Å². The van der Waals surface area contributed by atoms with Gasteiger partial charge in [-0.15, -0.1) is 11.8 Å². The summed E-state index contributed by atoms with van der Waals surface area (Å²) in [6, 6.07) is 18.3. The van der Waals surface area contributed by atoms with Gasteiger partial charge in [-0.05, 0) is 58.8 Å². The van der Waals surface area contributed by atoms with E-state index < -0.39 is 0 Å². The molecule has 0 spiro atoms. The van der Waals surface area contributed by atoms with Gasteiger partial charge in [-0.2, -0.15) is 0 Å². The molecule has 0 bridgehead atoms. The van der Waals surface area contributed by atoms with E-state index in [1.807, 2.05) is 30.3 Å². The highest BCUT2D eigenvalue weighted by atomic mass is 32.2. The topological polar surface area (TPSA) is 38.3 Å². The van der Waals surface area contributed by atoms with Crippen molar-refractivity contribution in [2.24, 2.45) is 0 Å². The van der Waals surface area contributed by atoms with Crippen LogP contribution in [0.25, 0.3) is 10.8 Å². The fourth-order valence-electron chi connectivity index (χ4n) is 2.59. The first-order valence-corrected chi connectivity index (χ1v) is 9.34. The Bertz CT molecular complexity index is 896. The fourth-order valence-corrected chi connectivity index (χ4v) is 3.44. The Kier molecular flexibility index (Phi) is 6.12. The maximum atomic E-state index is 12.9. The Morgan fingerprint density at radius 1 is 1.04 bits per heavy atom. The molecule has 3 aromatic carbocycles. The first kappa shape index (κ1) is 18.3. The molecule has 5 heteroatoms. The van der Waals surface area contributed by atoms with Gasteiger partial charge in [-0.25, -0.2) is 4.39 Å². The lowest BCUT2D eigenvalue weighted by molar-refractivity contribution is -0.120. The van der Waals surface area contributed by atoms with Gasteiger partial charge < -0.3 is 10.1 Å². The number of rotatable bonds is 7. The molecule has 0 saturated carbocycles. The third kappa shape index (κ3) is 4.99. The number of ether oxygens (including phenoxy) is 1. The lowest BCUT2D eigenvalue weighted by atomic mass is 10.1. The summed E-state index contributed by atoms with van der Waals surface area (Å²) in [5.41, 5.74) is 1.06. The average Bonchev–Trinajstić information content (AvgIpc) is 2.67. The van der Waals surface area contributed by atoms with Gasteiger partial charge in [0.05, 0.1) is 7.11 Å². The third-order valence-electron chi connectivity index (χ3n) is 4.01. The standard InChI is InChI=1S/C21H20FNO2S/c1-25-19-7-4-16-12-15(2-3-17(16)13-19)14-23-21(24)10-11-26-20-8-5-18(22)6-9-20/h2-9,12-13H,10-11,14H2,1H3,(H,23,24). The molecule has 0 heterocycles. The van der Waals surface area contributed by atoms with Crippen molar-refractivity contribution in [1.29, 1.82) is 0 Å². The number of methoxy groups -OCH3 is 1. The van der Waals surface area contributed by atoms with Crippen LogP contribution in [0.3, 0.4) is 0 Å². The number of thioether (sulfide) groups is 1. The second-order valence-electron chi connectivity index (χ2n) is 5.88. The molecule has 1 amide bonds. The van der Waals surface area contributed by atoms with Gasteiger partial charge >= 0.3 is 0 Å². The predicted octanol–water partition coefficient (Wildman–Crippen LogP) is 4.79. The zero-order valence-electron chi connectivity index (χ0n) is 14.5. The van der Waals surface area contributed by atoms with E-state index in [1.54, 1.807) is 31.0 Å². The van der Waals surface area contributed by atoms with Crippen molar-refractivity contribution in [3.8, 4) is 5.75 Å². The highest BCUT2D eigenvalue weighted by molar-refractivity contribution is 7.99. The maximum absolute atomic E-state index is 12.9. The van der Waals surface area contributed by atoms with E-state index >= 15 is 0 Å². The summed E-state index contributed by atoms with van der Waals surface area (Å²) in [7, 11) is 1.65. The summed E-state index contributed by atoms with van der Waals surface area (Å²) in [5.74, 6) is 1.25. The summed E-state index contributed by atoms with van der Waals surface area (Å²) < 4.78 is 18.1. The van der Waals surface area contributed by atoms with Crippen molar-refractivity contribution in [1.82, 2.24) is 5.32 Å². The predicted molar refractivity (Wildman–Crippen MR) is 104 cm³/mol. The lowest BCUT2D eigenvalue weighted by Crippen LogP contribution is -2.22. The van der Waals surface area contributed by atoms with Crippen molar-refractivity contribution in [3.63, 3.8) is 0 Å². The molecule has 3 aromatic rings. The van der Waals surface area contributed by atoms with Crippen LogP contribution in [0.2, 0.25) is 0 Å². The van der Waals surface area contributed by atoms with Crippen LogP contribution in [-0.4, -0.2) is 18.8 Å². The van der Waals surface area contributed by atoms with E-state index in [2.05, 4.69) is 11.4 Å². The summed E-state index contributed by atoms with van der Waals surface area (Å²) >= 11 is 1.55. The molecule has 0 aromatic heterocycles.